The van der Waals surface area contributed by atoms with Crippen LogP contribution in [0.2, 0.25) is 5.02 Å². The smallest absolute Gasteiger partial charge is 0.258 e. The normalized spacial score (nSPS) is 13.5. The van der Waals surface area contributed by atoms with Crippen molar-refractivity contribution in [2.45, 2.75) is 45.8 Å². The van der Waals surface area contributed by atoms with E-state index in [1.807, 2.05) is 32.1 Å². The van der Waals surface area contributed by atoms with Gasteiger partial charge in [-0.2, -0.15) is 0 Å². The highest BCUT2D eigenvalue weighted by molar-refractivity contribution is 6.31. The van der Waals surface area contributed by atoms with Crippen LogP contribution in [0.1, 0.15) is 55.1 Å². The molecule has 2 heterocycles. The van der Waals surface area contributed by atoms with Crippen LogP contribution in [0.5, 0.6) is 5.75 Å². The van der Waals surface area contributed by atoms with Crippen molar-refractivity contribution in [3.05, 3.63) is 51.9 Å². The van der Waals surface area contributed by atoms with E-state index in [2.05, 4.69) is 10.3 Å². The molecule has 0 saturated carbocycles. The molecule has 10 heteroatoms. The fraction of sp³-hybridized carbons (Fsp3) is 0.381. The number of hydrogen-bond donors (Lipinski definition) is 2. The Balaban J connectivity index is 2.36. The maximum atomic E-state index is 15.1. The predicted molar refractivity (Wildman–Crippen MR) is 124 cm³/mol. The fourth-order valence-electron chi connectivity index (χ4n) is 3.69. The summed E-state index contributed by atoms with van der Waals surface area (Å²) >= 11 is 6.26. The van der Waals surface area contributed by atoms with E-state index in [-0.39, 0.29) is 22.4 Å². The number of hydrogen-bond acceptors (Lipinski definition) is 5. The maximum absolute atomic E-state index is 15.1. The number of benzene rings is 1. The molecule has 0 spiro atoms. The summed E-state index contributed by atoms with van der Waals surface area (Å²) in [5, 5.41) is 1.82. The molecule has 7 nitrogen and oxygen atoms in total. The highest BCUT2D eigenvalue weighted by Crippen LogP contribution is 2.41. The van der Waals surface area contributed by atoms with Gasteiger partial charge >= 0.3 is 0 Å². The number of nitrogens with zero attached hydrogens (tertiary/aromatic N) is 3. The number of anilines is 1. The molecule has 3 aromatic rings. The number of amides is 1. The third kappa shape index (κ3) is 3.99. The van der Waals surface area contributed by atoms with Crippen molar-refractivity contribution in [1.29, 1.82) is 0 Å². The lowest BCUT2D eigenvalue weighted by atomic mass is 9.94. The zero-order chi connectivity index (χ0) is 23.1. The van der Waals surface area contributed by atoms with E-state index in [0.29, 0.717) is 39.5 Å². The first kappa shape index (κ1) is 23.0. The number of carbonyl (C=O) groups is 1. The van der Waals surface area contributed by atoms with Crippen LogP contribution in [0.25, 0.3) is 5.52 Å². The van der Waals surface area contributed by atoms with Crippen molar-refractivity contribution in [2.24, 2.45) is 0 Å². The Hall–Kier alpha value is -2.65. The number of ether oxygens (including phenoxy) is 1. The SMILES string of the molecule is CCNC(=O)c1c(F)c(Cl)cc([C@](C)([SiH3])c2nc(C)c3c(N)nccn23)c1OC(C)C. The number of rotatable bonds is 6. The van der Waals surface area contributed by atoms with E-state index >= 15 is 4.39 Å². The predicted octanol–water partition coefficient (Wildman–Crippen LogP) is 2.58. The number of carbonyl (C=O) groups excluding carboxylic acids is 1. The van der Waals surface area contributed by atoms with Gasteiger partial charge in [0.25, 0.3) is 5.91 Å². The third-order valence-corrected chi connectivity index (χ3v) is 6.34. The number of nitrogen functional groups attached to an aromatic ring is 1. The van der Waals surface area contributed by atoms with Crippen molar-refractivity contribution in [3.8, 4) is 5.75 Å². The molecule has 0 radical (unpaired) electrons. The van der Waals surface area contributed by atoms with Crippen LogP contribution in [0.3, 0.4) is 0 Å². The number of aromatic nitrogens is 3. The van der Waals surface area contributed by atoms with E-state index in [0.717, 1.165) is 5.69 Å². The maximum Gasteiger partial charge on any atom is 0.258 e. The largest absolute Gasteiger partial charge is 0.490 e. The van der Waals surface area contributed by atoms with Crippen LogP contribution in [-0.2, 0) is 5.04 Å². The number of aryl methyl sites for hydroxylation is 1. The van der Waals surface area contributed by atoms with Gasteiger partial charge in [-0.05, 0) is 33.8 Å². The van der Waals surface area contributed by atoms with E-state index in [4.69, 9.17) is 27.1 Å². The Kier molecular flexibility index (Phi) is 6.29. The lowest BCUT2D eigenvalue weighted by molar-refractivity contribution is 0.0945. The summed E-state index contributed by atoms with van der Waals surface area (Å²) in [4.78, 5) is 21.7. The van der Waals surface area contributed by atoms with Crippen LogP contribution in [-0.4, -0.2) is 43.2 Å². The zero-order valence-corrected chi connectivity index (χ0v) is 21.3. The monoisotopic (exact) mass is 463 g/mol. The second-order valence-electron chi connectivity index (χ2n) is 8.13. The molecule has 3 rings (SSSR count). The molecule has 0 aliphatic rings. The lowest BCUT2D eigenvalue weighted by Gasteiger charge is -2.29. The van der Waals surface area contributed by atoms with Crippen LogP contribution in [0.15, 0.2) is 18.5 Å². The molecule has 0 aliphatic carbocycles. The minimum absolute atomic E-state index is 0.145. The number of nitrogens with one attached hydrogen (secondary N) is 1. The van der Waals surface area contributed by atoms with Gasteiger partial charge in [-0.25, -0.2) is 14.4 Å². The highest BCUT2D eigenvalue weighted by atomic mass is 35.5. The molecular weight excluding hydrogens is 437 g/mol. The molecule has 0 unspecified atom stereocenters. The number of nitrogens with two attached hydrogens (primary N) is 1. The minimum atomic E-state index is -0.804. The Labute approximate surface area is 188 Å². The molecule has 0 bridgehead atoms. The quantitative estimate of drug-likeness (QED) is 0.548. The van der Waals surface area contributed by atoms with Crippen molar-refractivity contribution >= 4 is 39.1 Å². The highest BCUT2D eigenvalue weighted by Gasteiger charge is 2.36. The van der Waals surface area contributed by atoms with Gasteiger partial charge in [-0.1, -0.05) is 18.5 Å². The first-order valence-corrected chi connectivity index (χ1v) is 11.4. The van der Waals surface area contributed by atoms with Crippen molar-refractivity contribution < 1.29 is 13.9 Å². The van der Waals surface area contributed by atoms with Crippen LogP contribution < -0.4 is 15.8 Å². The third-order valence-electron chi connectivity index (χ3n) is 5.08. The second kappa shape index (κ2) is 8.47. The molecule has 0 aliphatic heterocycles. The Morgan fingerprint density at radius 1 is 1.48 bits per heavy atom. The Morgan fingerprint density at radius 3 is 2.77 bits per heavy atom. The Bertz CT molecular complexity index is 1160. The van der Waals surface area contributed by atoms with Gasteiger partial charge in [0.15, 0.2) is 5.82 Å². The summed E-state index contributed by atoms with van der Waals surface area (Å²) in [5.41, 5.74) is 7.92. The van der Waals surface area contributed by atoms with Gasteiger partial charge in [-0.3, -0.25) is 9.20 Å². The van der Waals surface area contributed by atoms with Crippen molar-refractivity contribution in [2.75, 3.05) is 12.3 Å². The fourth-order valence-corrected chi connectivity index (χ4v) is 4.61. The topological polar surface area (TPSA) is 94.5 Å². The summed E-state index contributed by atoms with van der Waals surface area (Å²) in [5.74, 6) is -0.137. The van der Waals surface area contributed by atoms with Crippen LogP contribution in [0, 0.1) is 12.7 Å². The molecule has 1 aromatic carbocycles. The van der Waals surface area contributed by atoms with Crippen molar-refractivity contribution in [1.82, 2.24) is 19.7 Å². The average Bonchev–Trinajstić information content (AvgIpc) is 3.03. The number of fused-ring (bicyclic) bond motifs is 1. The Morgan fingerprint density at radius 2 is 2.16 bits per heavy atom. The summed E-state index contributed by atoms with van der Waals surface area (Å²) in [7, 11) is 0.558. The van der Waals surface area contributed by atoms with E-state index in [1.165, 1.54) is 6.07 Å². The summed E-state index contributed by atoms with van der Waals surface area (Å²) < 4.78 is 23.0. The summed E-state index contributed by atoms with van der Waals surface area (Å²) in [6, 6.07) is 1.53. The average molecular weight is 464 g/mol. The van der Waals surface area contributed by atoms with Gasteiger partial charge in [-0.15, -0.1) is 0 Å². The molecule has 2 aromatic heterocycles. The van der Waals surface area contributed by atoms with Gasteiger partial charge in [0.05, 0.1) is 16.8 Å². The molecule has 3 N–H and O–H groups in total. The van der Waals surface area contributed by atoms with Gasteiger partial charge in [0, 0.05) is 39.8 Å². The number of halogens is 2. The molecule has 1 atom stereocenters. The van der Waals surface area contributed by atoms with E-state index < -0.39 is 16.8 Å². The van der Waals surface area contributed by atoms with Gasteiger partial charge in [0.2, 0.25) is 0 Å². The summed E-state index contributed by atoms with van der Waals surface area (Å²) in [6.07, 6.45) is 3.10. The van der Waals surface area contributed by atoms with Gasteiger partial charge < -0.3 is 15.8 Å². The minimum Gasteiger partial charge on any atom is -0.490 e. The number of imidazole rings is 1. The standard InChI is InChI=1S/C21H27ClFN5O2Si/c1-6-25-19(29)14-15(23)13(22)9-12(17(14)30-10(2)3)21(5,31)20-27-11(4)16-18(24)26-7-8-28(16)20/h7-10H,6H2,1-5,31H3,(H2,24,26)(H,25,29)/t21-/m0/s1. The molecule has 31 heavy (non-hydrogen) atoms. The van der Waals surface area contributed by atoms with Crippen LogP contribution in [0.4, 0.5) is 10.2 Å². The van der Waals surface area contributed by atoms with Gasteiger partial charge in [0.1, 0.15) is 28.5 Å². The molecular formula is C21H27ClFN5O2Si. The van der Waals surface area contributed by atoms with Crippen molar-refractivity contribution in [3.63, 3.8) is 0 Å². The van der Waals surface area contributed by atoms with Crippen LogP contribution >= 0.6 is 11.6 Å². The lowest BCUT2D eigenvalue weighted by Crippen LogP contribution is -2.31. The zero-order valence-electron chi connectivity index (χ0n) is 18.5. The first-order valence-electron chi connectivity index (χ1n) is 10.1. The first-order chi connectivity index (χ1) is 14.5. The molecule has 1 amide bonds. The van der Waals surface area contributed by atoms with E-state index in [1.54, 1.807) is 19.3 Å². The molecule has 0 saturated heterocycles. The molecule has 166 valence electrons. The summed E-state index contributed by atoms with van der Waals surface area (Å²) in [6.45, 7) is 9.59. The molecule has 0 fully saturated rings. The second-order valence-corrected chi connectivity index (χ2v) is 10.5. The van der Waals surface area contributed by atoms with E-state index in [9.17, 15) is 4.79 Å².